The second-order valence-corrected chi connectivity index (χ2v) is 7.14. The van der Waals surface area contributed by atoms with Gasteiger partial charge in [-0.2, -0.15) is 0 Å². The number of amides is 1. The Labute approximate surface area is 140 Å². The molecule has 0 aliphatic heterocycles. The number of aryl methyl sites for hydroxylation is 1. The Bertz CT molecular complexity index is 843. The van der Waals surface area contributed by atoms with Crippen molar-refractivity contribution >= 4 is 50.7 Å². The third kappa shape index (κ3) is 2.71. The van der Waals surface area contributed by atoms with Crippen LogP contribution in [0.25, 0.3) is 10.1 Å². The van der Waals surface area contributed by atoms with E-state index in [4.69, 9.17) is 11.6 Å². The zero-order valence-electron chi connectivity index (χ0n) is 12.0. The summed E-state index contributed by atoms with van der Waals surface area (Å²) in [6.07, 6.45) is 0. The molecule has 5 nitrogen and oxygen atoms in total. The second-order valence-electron chi connectivity index (χ2n) is 4.48. The highest BCUT2D eigenvalue weighted by atomic mass is 35.5. The Hall–Kier alpha value is -1.57. The van der Waals surface area contributed by atoms with Crippen LogP contribution in [0, 0.1) is 6.92 Å². The van der Waals surface area contributed by atoms with Gasteiger partial charge < -0.3 is 0 Å². The van der Waals surface area contributed by atoms with Crippen LogP contribution in [0.2, 0.25) is 5.02 Å². The Morgan fingerprint density at radius 2 is 2.18 bits per heavy atom. The number of aromatic nitrogens is 3. The minimum Gasteiger partial charge on any atom is -0.266 e. The molecule has 2 aromatic heterocycles. The third-order valence-corrected chi connectivity index (χ3v) is 5.51. The number of rotatable bonds is 4. The maximum absolute atomic E-state index is 12.5. The summed E-state index contributed by atoms with van der Waals surface area (Å²) >= 11 is 9.22. The summed E-state index contributed by atoms with van der Waals surface area (Å²) in [6, 6.07) is 7.69. The lowest BCUT2D eigenvalue weighted by Gasteiger charge is -2.08. The van der Waals surface area contributed by atoms with Gasteiger partial charge in [0.2, 0.25) is 5.16 Å². The van der Waals surface area contributed by atoms with E-state index in [1.807, 2.05) is 31.2 Å². The number of benzene rings is 1. The Morgan fingerprint density at radius 3 is 2.91 bits per heavy atom. The molecule has 0 radical (unpaired) electrons. The average Bonchev–Trinajstić information content (AvgIpc) is 3.03. The number of thiophene rings is 1. The molecule has 3 rings (SSSR count). The molecule has 0 saturated heterocycles. The van der Waals surface area contributed by atoms with Gasteiger partial charge in [-0.3, -0.25) is 10.2 Å². The number of fused-ring (bicyclic) bond motifs is 1. The number of carbonyl (C=O) groups excluding carboxylic acids is 1. The summed E-state index contributed by atoms with van der Waals surface area (Å²) in [6.45, 7) is 3.81. The summed E-state index contributed by atoms with van der Waals surface area (Å²) in [7, 11) is 0. The maximum atomic E-state index is 12.5. The summed E-state index contributed by atoms with van der Waals surface area (Å²) < 4.78 is 2.58. The van der Waals surface area contributed by atoms with Crippen molar-refractivity contribution < 1.29 is 4.79 Å². The number of thioether (sulfide) groups is 1. The van der Waals surface area contributed by atoms with Crippen molar-refractivity contribution in [1.82, 2.24) is 14.9 Å². The van der Waals surface area contributed by atoms with E-state index in [0.29, 0.717) is 20.9 Å². The molecule has 0 atom stereocenters. The quantitative estimate of drug-likeness (QED) is 0.722. The molecule has 22 heavy (non-hydrogen) atoms. The molecule has 1 aromatic carbocycles. The smallest absolute Gasteiger partial charge is 0.266 e. The topological polar surface area (TPSA) is 59.8 Å². The molecule has 1 N–H and O–H groups in total. The summed E-state index contributed by atoms with van der Waals surface area (Å²) in [5.41, 5.74) is 2.82. The van der Waals surface area contributed by atoms with E-state index >= 15 is 0 Å². The number of carbonyl (C=O) groups is 1. The summed E-state index contributed by atoms with van der Waals surface area (Å²) in [5.74, 6) is 1.21. The molecule has 0 saturated carbocycles. The molecule has 114 valence electrons. The van der Waals surface area contributed by atoms with E-state index in [0.717, 1.165) is 15.8 Å². The molecular formula is C14H13ClN4OS2. The van der Waals surface area contributed by atoms with Crippen LogP contribution in [0.1, 0.15) is 22.4 Å². The van der Waals surface area contributed by atoms with Gasteiger partial charge in [0, 0.05) is 10.1 Å². The lowest BCUT2D eigenvalue weighted by molar-refractivity contribution is 0.101. The molecule has 1 amide bonds. The maximum Gasteiger partial charge on any atom is 0.281 e. The van der Waals surface area contributed by atoms with E-state index in [-0.39, 0.29) is 5.91 Å². The lowest BCUT2D eigenvalue weighted by Crippen LogP contribution is -2.24. The number of hydrogen-bond acceptors (Lipinski definition) is 5. The van der Waals surface area contributed by atoms with E-state index in [2.05, 4.69) is 15.6 Å². The van der Waals surface area contributed by atoms with Crippen LogP contribution in [0.5, 0.6) is 0 Å². The van der Waals surface area contributed by atoms with Crippen molar-refractivity contribution in [3.8, 4) is 0 Å². The second kappa shape index (κ2) is 6.28. The first kappa shape index (κ1) is 15.3. The van der Waals surface area contributed by atoms with Gasteiger partial charge in [0.25, 0.3) is 5.91 Å². The van der Waals surface area contributed by atoms with Crippen molar-refractivity contribution in [2.24, 2.45) is 0 Å². The molecule has 0 aliphatic rings. The molecular weight excluding hydrogens is 340 g/mol. The standard InChI is InChI=1S/C14H13ClN4OS2/c1-3-21-14-17-16-8(2)19(14)18-13(20)12-11(15)9-6-4-5-7-10(9)22-12/h4-7H,3H2,1-2H3,(H,18,20). The Balaban J connectivity index is 1.94. The lowest BCUT2D eigenvalue weighted by atomic mass is 10.2. The molecule has 2 heterocycles. The zero-order chi connectivity index (χ0) is 15.7. The molecule has 0 unspecified atom stereocenters. The van der Waals surface area contributed by atoms with E-state index in [9.17, 15) is 4.79 Å². The van der Waals surface area contributed by atoms with E-state index in [1.54, 1.807) is 11.6 Å². The van der Waals surface area contributed by atoms with Crippen LogP contribution < -0.4 is 5.43 Å². The minimum atomic E-state index is -0.257. The molecule has 0 fully saturated rings. The number of halogens is 1. The highest BCUT2D eigenvalue weighted by Crippen LogP contribution is 2.35. The third-order valence-electron chi connectivity index (χ3n) is 3.02. The van der Waals surface area contributed by atoms with Crippen molar-refractivity contribution in [2.45, 2.75) is 19.0 Å². The largest absolute Gasteiger partial charge is 0.281 e. The number of hydrogen-bond donors (Lipinski definition) is 1. The molecule has 8 heteroatoms. The van der Waals surface area contributed by atoms with Crippen molar-refractivity contribution in [3.63, 3.8) is 0 Å². The van der Waals surface area contributed by atoms with Crippen LogP contribution in [0.4, 0.5) is 0 Å². The fourth-order valence-electron chi connectivity index (χ4n) is 2.01. The first-order chi connectivity index (χ1) is 10.6. The highest BCUT2D eigenvalue weighted by Gasteiger charge is 2.19. The first-order valence-electron chi connectivity index (χ1n) is 6.65. The fourth-order valence-corrected chi connectivity index (χ4v) is 4.08. The Morgan fingerprint density at radius 1 is 1.41 bits per heavy atom. The predicted octanol–water partition coefficient (Wildman–Crippen LogP) is 3.95. The van der Waals surface area contributed by atoms with Crippen LogP contribution in [0.15, 0.2) is 29.4 Å². The summed E-state index contributed by atoms with van der Waals surface area (Å²) in [5, 5.41) is 10.1. The van der Waals surface area contributed by atoms with Crippen LogP contribution >= 0.6 is 34.7 Å². The van der Waals surface area contributed by atoms with Gasteiger partial charge >= 0.3 is 0 Å². The van der Waals surface area contributed by atoms with Gasteiger partial charge in [0.15, 0.2) is 0 Å². The predicted molar refractivity (Wildman–Crippen MR) is 91.7 cm³/mol. The van der Waals surface area contributed by atoms with Gasteiger partial charge in [-0.1, -0.05) is 48.5 Å². The monoisotopic (exact) mass is 352 g/mol. The van der Waals surface area contributed by atoms with Gasteiger partial charge in [0.05, 0.1) is 5.02 Å². The van der Waals surface area contributed by atoms with Gasteiger partial charge in [-0.25, -0.2) is 4.68 Å². The van der Waals surface area contributed by atoms with Crippen molar-refractivity contribution in [1.29, 1.82) is 0 Å². The van der Waals surface area contributed by atoms with Crippen LogP contribution in [-0.4, -0.2) is 26.5 Å². The van der Waals surface area contributed by atoms with Gasteiger partial charge in [-0.15, -0.1) is 21.5 Å². The molecule has 0 aliphatic carbocycles. The molecule has 0 spiro atoms. The SMILES string of the molecule is CCSc1nnc(C)n1NC(=O)c1sc2ccccc2c1Cl. The molecule has 3 aromatic rings. The van der Waals surface area contributed by atoms with E-state index in [1.165, 1.54) is 23.1 Å². The number of nitrogens with zero attached hydrogens (tertiary/aromatic N) is 3. The van der Waals surface area contributed by atoms with Crippen molar-refractivity contribution in [3.05, 3.63) is 40.0 Å². The zero-order valence-corrected chi connectivity index (χ0v) is 14.3. The molecule has 0 bridgehead atoms. The van der Waals surface area contributed by atoms with Crippen molar-refractivity contribution in [2.75, 3.05) is 11.2 Å². The number of nitrogens with one attached hydrogen (secondary N) is 1. The Kier molecular flexibility index (Phi) is 4.37. The minimum absolute atomic E-state index is 0.257. The van der Waals surface area contributed by atoms with Gasteiger partial charge in [-0.05, 0) is 18.7 Å². The van der Waals surface area contributed by atoms with Crippen LogP contribution in [0.3, 0.4) is 0 Å². The van der Waals surface area contributed by atoms with E-state index < -0.39 is 0 Å². The van der Waals surface area contributed by atoms with Gasteiger partial charge in [0.1, 0.15) is 10.7 Å². The summed E-state index contributed by atoms with van der Waals surface area (Å²) in [4.78, 5) is 13.0. The normalized spacial score (nSPS) is 11.0. The fraction of sp³-hybridized carbons (Fsp3) is 0.214. The average molecular weight is 353 g/mol. The van der Waals surface area contributed by atoms with Crippen LogP contribution in [-0.2, 0) is 0 Å². The highest BCUT2D eigenvalue weighted by molar-refractivity contribution is 7.99. The first-order valence-corrected chi connectivity index (χ1v) is 8.83.